The van der Waals surface area contributed by atoms with Gasteiger partial charge in [0.15, 0.2) is 0 Å². The molecule has 1 fully saturated rings. The van der Waals surface area contributed by atoms with Crippen molar-refractivity contribution in [2.24, 2.45) is 0 Å². The summed E-state index contributed by atoms with van der Waals surface area (Å²) in [6.07, 6.45) is 3.69. The molecule has 130 valence electrons. The van der Waals surface area contributed by atoms with Crippen molar-refractivity contribution < 1.29 is 19.4 Å². The lowest BCUT2D eigenvalue weighted by molar-refractivity contribution is -0.134. The van der Waals surface area contributed by atoms with Gasteiger partial charge in [-0.1, -0.05) is 48.5 Å². The maximum Gasteiger partial charge on any atom is 0.407 e. The molecule has 1 aliphatic heterocycles. The monoisotopic (exact) mass is 339 g/mol. The van der Waals surface area contributed by atoms with E-state index in [0.29, 0.717) is 25.9 Å². The quantitative estimate of drug-likeness (QED) is 0.685. The predicted molar refractivity (Wildman–Crippen MR) is 95.6 cm³/mol. The van der Waals surface area contributed by atoms with Crippen LogP contribution in [0.3, 0.4) is 0 Å². The minimum atomic E-state index is -0.899. The summed E-state index contributed by atoms with van der Waals surface area (Å²) in [5.74, 6) is -0.402. The maximum atomic E-state index is 11.6. The van der Waals surface area contributed by atoms with Crippen LogP contribution in [0.1, 0.15) is 18.4 Å². The summed E-state index contributed by atoms with van der Waals surface area (Å²) in [7, 11) is 1.35. The SMILES string of the molecule is COC(=O)C=CC1(c2ccc3ccccc3c2)CCN(C(=O)O)CC1. The van der Waals surface area contributed by atoms with Gasteiger partial charge in [-0.25, -0.2) is 9.59 Å². The minimum Gasteiger partial charge on any atom is -0.466 e. The van der Waals surface area contributed by atoms with Crippen LogP contribution in [0.2, 0.25) is 0 Å². The number of methoxy groups -OCH3 is 1. The van der Waals surface area contributed by atoms with E-state index in [9.17, 15) is 14.7 Å². The van der Waals surface area contributed by atoms with Gasteiger partial charge in [-0.05, 0) is 29.2 Å². The Hall–Kier alpha value is -2.82. The smallest absolute Gasteiger partial charge is 0.407 e. The van der Waals surface area contributed by atoms with Crippen molar-refractivity contribution in [2.75, 3.05) is 20.2 Å². The molecule has 3 rings (SSSR count). The number of likely N-dealkylation sites (tertiary alicyclic amines) is 1. The molecule has 1 amide bonds. The van der Waals surface area contributed by atoms with Gasteiger partial charge in [-0.2, -0.15) is 0 Å². The first-order valence-electron chi connectivity index (χ1n) is 8.28. The number of hydrogen-bond acceptors (Lipinski definition) is 3. The molecule has 0 saturated carbocycles. The zero-order chi connectivity index (χ0) is 17.9. The lowest BCUT2D eigenvalue weighted by Crippen LogP contribution is -2.44. The van der Waals surface area contributed by atoms with Gasteiger partial charge in [0, 0.05) is 24.6 Å². The molecule has 5 nitrogen and oxygen atoms in total. The highest BCUT2D eigenvalue weighted by molar-refractivity contribution is 5.84. The van der Waals surface area contributed by atoms with Crippen LogP contribution in [0.15, 0.2) is 54.6 Å². The molecule has 2 aromatic rings. The number of rotatable bonds is 3. The van der Waals surface area contributed by atoms with E-state index in [1.54, 1.807) is 0 Å². The Morgan fingerprint density at radius 3 is 2.44 bits per heavy atom. The average molecular weight is 339 g/mol. The number of amides is 1. The van der Waals surface area contributed by atoms with E-state index in [-0.39, 0.29) is 5.41 Å². The van der Waals surface area contributed by atoms with Crippen LogP contribution in [0, 0.1) is 0 Å². The number of fused-ring (bicyclic) bond motifs is 1. The number of carboxylic acid groups (broad SMARTS) is 1. The fourth-order valence-corrected chi connectivity index (χ4v) is 3.44. The molecule has 0 aromatic heterocycles. The van der Waals surface area contributed by atoms with Crippen molar-refractivity contribution in [1.29, 1.82) is 0 Å². The van der Waals surface area contributed by atoms with Crippen molar-refractivity contribution in [3.8, 4) is 0 Å². The van der Waals surface area contributed by atoms with Crippen LogP contribution in [0.4, 0.5) is 4.79 Å². The summed E-state index contributed by atoms with van der Waals surface area (Å²) in [5, 5.41) is 11.5. The van der Waals surface area contributed by atoms with Gasteiger partial charge in [0.25, 0.3) is 0 Å². The van der Waals surface area contributed by atoms with E-state index in [1.807, 2.05) is 18.2 Å². The summed E-state index contributed by atoms with van der Waals surface area (Å²) in [5.41, 5.74) is 0.723. The van der Waals surface area contributed by atoms with Crippen molar-refractivity contribution >= 4 is 22.8 Å². The Morgan fingerprint density at radius 2 is 1.80 bits per heavy atom. The highest BCUT2D eigenvalue weighted by atomic mass is 16.5. The fraction of sp³-hybridized carbons (Fsp3) is 0.300. The number of carbonyl (C=O) groups is 2. The number of allylic oxidation sites excluding steroid dienone is 1. The molecule has 0 bridgehead atoms. The molecular weight excluding hydrogens is 318 g/mol. The van der Waals surface area contributed by atoms with Crippen LogP contribution in [0.25, 0.3) is 10.8 Å². The molecule has 0 atom stereocenters. The Kier molecular flexibility index (Phi) is 4.74. The molecule has 1 aliphatic rings. The number of benzene rings is 2. The summed E-state index contributed by atoms with van der Waals surface area (Å²) in [6.45, 7) is 0.876. The second-order valence-electron chi connectivity index (χ2n) is 6.34. The second kappa shape index (κ2) is 6.97. The largest absolute Gasteiger partial charge is 0.466 e. The van der Waals surface area contributed by atoms with Gasteiger partial charge in [0.1, 0.15) is 0 Å². The van der Waals surface area contributed by atoms with Gasteiger partial charge in [-0.3, -0.25) is 0 Å². The third kappa shape index (κ3) is 3.50. The molecule has 1 saturated heterocycles. The molecule has 0 radical (unpaired) electrons. The molecule has 0 spiro atoms. The topological polar surface area (TPSA) is 66.8 Å². The van der Waals surface area contributed by atoms with E-state index in [0.717, 1.165) is 16.3 Å². The summed E-state index contributed by atoms with van der Waals surface area (Å²) in [6, 6.07) is 14.4. The number of ether oxygens (including phenoxy) is 1. The Morgan fingerprint density at radius 1 is 1.12 bits per heavy atom. The van der Waals surface area contributed by atoms with Gasteiger partial charge >= 0.3 is 12.1 Å². The first-order chi connectivity index (χ1) is 12.0. The van der Waals surface area contributed by atoms with Crippen molar-refractivity contribution in [3.63, 3.8) is 0 Å². The van der Waals surface area contributed by atoms with Crippen molar-refractivity contribution in [2.45, 2.75) is 18.3 Å². The summed E-state index contributed by atoms with van der Waals surface area (Å²) < 4.78 is 4.72. The summed E-state index contributed by atoms with van der Waals surface area (Å²) in [4.78, 5) is 24.2. The van der Waals surface area contributed by atoms with Gasteiger partial charge in [0.2, 0.25) is 0 Å². The molecule has 1 N–H and O–H groups in total. The first-order valence-corrected chi connectivity index (χ1v) is 8.28. The second-order valence-corrected chi connectivity index (χ2v) is 6.34. The van der Waals surface area contributed by atoms with Crippen LogP contribution >= 0.6 is 0 Å². The molecule has 1 heterocycles. The van der Waals surface area contributed by atoms with Crippen molar-refractivity contribution in [1.82, 2.24) is 4.90 Å². The van der Waals surface area contributed by atoms with E-state index in [4.69, 9.17) is 4.74 Å². The standard InChI is InChI=1S/C20H21NO4/c1-25-18(22)8-9-20(10-12-21(13-11-20)19(23)24)17-7-6-15-4-2-3-5-16(15)14-17/h2-9,14H,10-13H2,1H3,(H,23,24). The van der Waals surface area contributed by atoms with Crippen LogP contribution in [-0.2, 0) is 14.9 Å². The molecule has 2 aromatic carbocycles. The normalized spacial score (nSPS) is 16.9. The average Bonchev–Trinajstić information content (AvgIpc) is 2.66. The van der Waals surface area contributed by atoms with E-state index >= 15 is 0 Å². The minimum absolute atomic E-state index is 0.371. The Bertz CT molecular complexity index is 819. The number of nitrogens with zero attached hydrogens (tertiary/aromatic N) is 1. The number of piperidine rings is 1. The number of carbonyl (C=O) groups excluding carboxylic acids is 1. The molecule has 5 heteroatoms. The van der Waals surface area contributed by atoms with Crippen LogP contribution in [-0.4, -0.2) is 42.3 Å². The summed E-state index contributed by atoms with van der Waals surface area (Å²) >= 11 is 0. The van der Waals surface area contributed by atoms with Gasteiger partial charge in [0.05, 0.1) is 7.11 Å². The number of esters is 1. The molecule has 0 aliphatic carbocycles. The lowest BCUT2D eigenvalue weighted by Gasteiger charge is -2.39. The third-order valence-corrected chi connectivity index (χ3v) is 4.99. The molecular formula is C20H21NO4. The molecule has 0 unspecified atom stereocenters. The van der Waals surface area contributed by atoms with Crippen molar-refractivity contribution in [3.05, 3.63) is 60.2 Å². The first kappa shape index (κ1) is 17.0. The predicted octanol–water partition coefficient (Wildman–Crippen LogP) is 3.58. The lowest BCUT2D eigenvalue weighted by atomic mass is 9.72. The van der Waals surface area contributed by atoms with Crippen LogP contribution in [0.5, 0.6) is 0 Å². The highest BCUT2D eigenvalue weighted by Gasteiger charge is 2.35. The van der Waals surface area contributed by atoms with E-state index < -0.39 is 12.1 Å². The number of hydrogen-bond donors (Lipinski definition) is 1. The Labute approximate surface area is 146 Å². The van der Waals surface area contributed by atoms with E-state index in [2.05, 4.69) is 30.3 Å². The van der Waals surface area contributed by atoms with Gasteiger partial charge < -0.3 is 14.7 Å². The zero-order valence-electron chi connectivity index (χ0n) is 14.1. The third-order valence-electron chi connectivity index (χ3n) is 4.99. The van der Waals surface area contributed by atoms with Gasteiger partial charge in [-0.15, -0.1) is 0 Å². The Balaban J connectivity index is 1.99. The van der Waals surface area contributed by atoms with E-state index in [1.165, 1.54) is 18.1 Å². The maximum absolute atomic E-state index is 11.6. The fourth-order valence-electron chi connectivity index (χ4n) is 3.44. The van der Waals surface area contributed by atoms with Crippen LogP contribution < -0.4 is 0 Å². The molecule has 25 heavy (non-hydrogen) atoms. The highest BCUT2D eigenvalue weighted by Crippen LogP contribution is 2.38. The zero-order valence-corrected chi connectivity index (χ0v) is 14.1.